The van der Waals surface area contributed by atoms with Crippen molar-refractivity contribution in [3.8, 4) is 0 Å². The van der Waals surface area contributed by atoms with Crippen LogP contribution in [0, 0.1) is 0 Å². The first-order valence-electron chi connectivity index (χ1n) is 1.96. The van der Waals surface area contributed by atoms with E-state index in [9.17, 15) is 0 Å². The Kier molecular flexibility index (Phi) is 1.59. The lowest BCUT2D eigenvalue weighted by molar-refractivity contribution is -0.555. The molecule has 1 fully saturated rings. The predicted octanol–water partition coefficient (Wildman–Crippen LogP) is 0.200. The van der Waals surface area contributed by atoms with E-state index < -0.39 is 6.29 Å². The van der Waals surface area contributed by atoms with E-state index in [1.807, 2.05) is 0 Å². The molecule has 0 aromatic heterocycles. The van der Waals surface area contributed by atoms with Gasteiger partial charge in [0.25, 0.3) is 0 Å². The SMILES string of the molecule is CC1OOCOO1. The molecule has 1 rings (SSSR count). The summed E-state index contributed by atoms with van der Waals surface area (Å²) in [4.78, 5) is 17.5. The molecule has 0 spiro atoms. The molecule has 1 aliphatic rings. The molecule has 0 aliphatic carbocycles. The number of hydrogen-bond acceptors (Lipinski definition) is 4. The van der Waals surface area contributed by atoms with Crippen molar-refractivity contribution in [3.05, 3.63) is 0 Å². The van der Waals surface area contributed by atoms with Gasteiger partial charge in [-0.2, -0.15) is 9.78 Å². The van der Waals surface area contributed by atoms with E-state index in [1.165, 1.54) is 0 Å². The molecule has 7 heavy (non-hydrogen) atoms. The molecular formula is C3H6O4. The third-order valence-corrected chi connectivity index (χ3v) is 0.503. The van der Waals surface area contributed by atoms with Crippen LogP contribution < -0.4 is 0 Å². The monoisotopic (exact) mass is 106 g/mol. The van der Waals surface area contributed by atoms with Crippen LogP contribution in [0.15, 0.2) is 0 Å². The van der Waals surface area contributed by atoms with Gasteiger partial charge in [0.15, 0.2) is 0 Å². The molecule has 0 bridgehead atoms. The van der Waals surface area contributed by atoms with Crippen molar-refractivity contribution in [2.24, 2.45) is 0 Å². The van der Waals surface area contributed by atoms with E-state index in [2.05, 4.69) is 19.6 Å². The molecule has 42 valence electrons. The minimum atomic E-state index is -0.409. The van der Waals surface area contributed by atoms with Gasteiger partial charge in [0.1, 0.15) is 0 Å². The predicted molar refractivity (Wildman–Crippen MR) is 18.7 cm³/mol. The maximum Gasteiger partial charge on any atom is 0.221 e. The lowest BCUT2D eigenvalue weighted by Gasteiger charge is -2.15. The van der Waals surface area contributed by atoms with E-state index in [0.717, 1.165) is 0 Å². The van der Waals surface area contributed by atoms with Crippen LogP contribution in [0.4, 0.5) is 0 Å². The second kappa shape index (κ2) is 2.23. The summed E-state index contributed by atoms with van der Waals surface area (Å²) in [7, 11) is 0. The second-order valence-corrected chi connectivity index (χ2v) is 1.11. The van der Waals surface area contributed by atoms with Gasteiger partial charge in [-0.1, -0.05) is 0 Å². The van der Waals surface area contributed by atoms with Crippen LogP contribution in [-0.2, 0) is 19.6 Å². The summed E-state index contributed by atoms with van der Waals surface area (Å²) in [6.07, 6.45) is -0.409. The van der Waals surface area contributed by atoms with Crippen LogP contribution in [0.3, 0.4) is 0 Å². The first-order chi connectivity index (χ1) is 3.39. The van der Waals surface area contributed by atoms with E-state index in [-0.39, 0.29) is 6.79 Å². The van der Waals surface area contributed by atoms with Gasteiger partial charge in [0, 0.05) is 0 Å². The fourth-order valence-corrected chi connectivity index (χ4v) is 0.283. The Bertz CT molecular complexity index is 48.9. The molecule has 4 heteroatoms. The molecular weight excluding hydrogens is 100 g/mol. The molecule has 1 saturated heterocycles. The Morgan fingerprint density at radius 1 is 1.29 bits per heavy atom. The quantitative estimate of drug-likeness (QED) is 0.413. The third-order valence-electron chi connectivity index (χ3n) is 0.503. The summed E-state index contributed by atoms with van der Waals surface area (Å²) in [5.41, 5.74) is 0. The highest BCUT2D eigenvalue weighted by molar-refractivity contribution is 4.15. The maximum absolute atomic E-state index is 4.43. The second-order valence-electron chi connectivity index (χ2n) is 1.11. The molecule has 0 unspecified atom stereocenters. The van der Waals surface area contributed by atoms with Gasteiger partial charge in [-0.15, -0.1) is 0 Å². The van der Waals surface area contributed by atoms with Gasteiger partial charge in [0.05, 0.1) is 0 Å². The molecule has 1 heterocycles. The molecule has 0 N–H and O–H groups in total. The minimum Gasteiger partial charge on any atom is -0.202 e. The summed E-state index contributed by atoms with van der Waals surface area (Å²) in [5.74, 6) is 0. The van der Waals surface area contributed by atoms with Gasteiger partial charge in [-0.25, -0.2) is 9.78 Å². The van der Waals surface area contributed by atoms with E-state index in [0.29, 0.717) is 0 Å². The average molecular weight is 106 g/mol. The van der Waals surface area contributed by atoms with E-state index >= 15 is 0 Å². The Labute approximate surface area is 40.8 Å². The van der Waals surface area contributed by atoms with Crippen molar-refractivity contribution in [1.82, 2.24) is 0 Å². The summed E-state index contributed by atoms with van der Waals surface area (Å²) in [6.45, 7) is 1.71. The Morgan fingerprint density at radius 3 is 2.14 bits per heavy atom. The molecule has 1 aliphatic heterocycles. The summed E-state index contributed by atoms with van der Waals surface area (Å²) in [5, 5.41) is 0. The summed E-state index contributed by atoms with van der Waals surface area (Å²) >= 11 is 0. The van der Waals surface area contributed by atoms with Crippen LogP contribution in [0.2, 0.25) is 0 Å². The van der Waals surface area contributed by atoms with Crippen molar-refractivity contribution in [2.75, 3.05) is 6.79 Å². The lowest BCUT2D eigenvalue weighted by atomic mass is 10.8. The highest BCUT2D eigenvalue weighted by Gasteiger charge is 2.08. The van der Waals surface area contributed by atoms with Crippen molar-refractivity contribution < 1.29 is 19.6 Å². The largest absolute Gasteiger partial charge is 0.221 e. The van der Waals surface area contributed by atoms with Crippen LogP contribution in [-0.4, -0.2) is 13.1 Å². The van der Waals surface area contributed by atoms with Gasteiger partial charge < -0.3 is 0 Å². The molecule has 0 aromatic rings. The average Bonchev–Trinajstić information content (AvgIpc) is 1.69. The molecule has 4 nitrogen and oxygen atoms in total. The summed E-state index contributed by atoms with van der Waals surface area (Å²) < 4.78 is 0. The fourth-order valence-electron chi connectivity index (χ4n) is 0.283. The van der Waals surface area contributed by atoms with Crippen molar-refractivity contribution in [1.29, 1.82) is 0 Å². The molecule has 0 aromatic carbocycles. The highest BCUT2D eigenvalue weighted by atomic mass is 17.4. The zero-order valence-corrected chi connectivity index (χ0v) is 3.92. The Morgan fingerprint density at radius 2 is 1.86 bits per heavy atom. The first kappa shape index (κ1) is 4.99. The number of hydrogen-bond donors (Lipinski definition) is 0. The normalized spacial score (nSPS) is 25.3. The summed E-state index contributed by atoms with van der Waals surface area (Å²) in [6, 6.07) is 0. The highest BCUT2D eigenvalue weighted by Crippen LogP contribution is 2.00. The van der Waals surface area contributed by atoms with Crippen molar-refractivity contribution >= 4 is 0 Å². The zero-order chi connectivity index (χ0) is 5.11. The van der Waals surface area contributed by atoms with Crippen LogP contribution in [0.1, 0.15) is 6.92 Å². The van der Waals surface area contributed by atoms with Gasteiger partial charge in [0.2, 0.25) is 13.1 Å². The Hall–Kier alpha value is -0.160. The van der Waals surface area contributed by atoms with Crippen LogP contribution in [0.25, 0.3) is 0 Å². The topological polar surface area (TPSA) is 36.9 Å². The number of rotatable bonds is 0. The van der Waals surface area contributed by atoms with E-state index in [4.69, 9.17) is 0 Å². The lowest BCUT2D eigenvalue weighted by Crippen LogP contribution is -2.21. The maximum atomic E-state index is 4.43. The van der Waals surface area contributed by atoms with Gasteiger partial charge >= 0.3 is 0 Å². The van der Waals surface area contributed by atoms with Gasteiger partial charge in [-0.05, 0) is 6.92 Å². The van der Waals surface area contributed by atoms with Crippen LogP contribution >= 0.6 is 0 Å². The molecule has 0 amide bonds. The van der Waals surface area contributed by atoms with Crippen molar-refractivity contribution in [3.63, 3.8) is 0 Å². The standard InChI is InChI=1S/C3H6O4/c1-3-6-4-2-5-7-3/h3H,2H2,1H3. The first-order valence-corrected chi connectivity index (χ1v) is 1.96. The molecule has 0 saturated carbocycles. The fraction of sp³-hybridized carbons (Fsp3) is 1.00. The third kappa shape index (κ3) is 1.40. The van der Waals surface area contributed by atoms with E-state index in [1.54, 1.807) is 6.92 Å². The molecule has 0 atom stereocenters. The van der Waals surface area contributed by atoms with Gasteiger partial charge in [-0.3, -0.25) is 0 Å². The smallest absolute Gasteiger partial charge is 0.202 e. The van der Waals surface area contributed by atoms with Crippen LogP contribution in [0.5, 0.6) is 0 Å². The minimum absolute atomic E-state index is 0.0460. The Balaban J connectivity index is 2.12. The molecule has 0 radical (unpaired) electrons. The zero-order valence-electron chi connectivity index (χ0n) is 3.92. The van der Waals surface area contributed by atoms with Crippen molar-refractivity contribution in [2.45, 2.75) is 13.2 Å².